The molecule has 0 unspecified atom stereocenters. The Bertz CT molecular complexity index is 631. The van der Waals surface area contributed by atoms with E-state index in [4.69, 9.17) is 5.26 Å². The van der Waals surface area contributed by atoms with Gasteiger partial charge in [0.15, 0.2) is 0 Å². The summed E-state index contributed by atoms with van der Waals surface area (Å²) in [5.74, 6) is 0. The van der Waals surface area contributed by atoms with Crippen LogP contribution in [0.1, 0.15) is 38.7 Å². The van der Waals surface area contributed by atoms with Crippen molar-refractivity contribution in [2.24, 2.45) is 5.41 Å². The van der Waals surface area contributed by atoms with Crippen LogP contribution in [0, 0.1) is 16.7 Å². The lowest BCUT2D eigenvalue weighted by molar-refractivity contribution is 0.418. The molecule has 0 fully saturated rings. The molecule has 0 saturated heterocycles. The summed E-state index contributed by atoms with van der Waals surface area (Å²) in [5, 5.41) is 13.5. The number of rotatable bonds is 7. The first kappa shape index (κ1) is 15.6. The summed E-state index contributed by atoms with van der Waals surface area (Å²) in [6, 6.07) is 11.2. The van der Waals surface area contributed by atoms with E-state index in [0.717, 1.165) is 32.4 Å². The van der Waals surface area contributed by atoms with Crippen LogP contribution in [0.4, 0.5) is 0 Å². The van der Waals surface area contributed by atoms with E-state index in [1.807, 2.05) is 20.9 Å². The van der Waals surface area contributed by atoms with Crippen molar-refractivity contribution in [3.05, 3.63) is 36.0 Å². The normalized spacial score (nSPS) is 11.7. The highest BCUT2D eigenvalue weighted by Gasteiger charge is 2.15. The van der Waals surface area contributed by atoms with E-state index >= 15 is 0 Å². The maximum Gasteiger partial charge on any atom is 0.0683 e. The van der Waals surface area contributed by atoms with Crippen molar-refractivity contribution in [2.75, 3.05) is 7.05 Å². The van der Waals surface area contributed by atoms with Crippen LogP contribution in [0.5, 0.6) is 0 Å². The molecule has 1 heterocycles. The predicted molar refractivity (Wildman–Crippen MR) is 87.9 cm³/mol. The molecule has 3 nitrogen and oxygen atoms in total. The average Bonchev–Trinajstić information content (AvgIpc) is 2.86. The number of hydrogen-bond donors (Lipinski definition) is 1. The van der Waals surface area contributed by atoms with Gasteiger partial charge in [0, 0.05) is 24.8 Å². The molecule has 112 valence electrons. The SMILES string of the molecule is CNCc1ccc2c(ccn2CCCCC(C)(C)C#N)c1. The fourth-order valence-corrected chi connectivity index (χ4v) is 2.66. The molecule has 2 aromatic rings. The molecule has 1 aromatic carbocycles. The van der Waals surface area contributed by atoms with Crippen LogP contribution in [0.25, 0.3) is 10.9 Å². The Labute approximate surface area is 127 Å². The van der Waals surface area contributed by atoms with E-state index in [2.05, 4.69) is 46.4 Å². The van der Waals surface area contributed by atoms with Crippen LogP contribution in [0.3, 0.4) is 0 Å². The number of nitrogens with zero attached hydrogens (tertiary/aromatic N) is 2. The lowest BCUT2D eigenvalue weighted by Crippen LogP contribution is -2.08. The molecule has 1 aromatic heterocycles. The Balaban J connectivity index is 1.95. The minimum atomic E-state index is -0.194. The summed E-state index contributed by atoms with van der Waals surface area (Å²) in [7, 11) is 1.97. The maximum atomic E-state index is 9.03. The second-order valence-corrected chi connectivity index (χ2v) is 6.39. The van der Waals surface area contributed by atoms with Crippen LogP contribution in [-0.4, -0.2) is 11.6 Å². The number of fused-ring (bicyclic) bond motifs is 1. The quantitative estimate of drug-likeness (QED) is 0.778. The van der Waals surface area contributed by atoms with Gasteiger partial charge in [-0.1, -0.05) is 12.5 Å². The summed E-state index contributed by atoms with van der Waals surface area (Å²) in [6.07, 6.45) is 5.35. The molecular formula is C18H25N3. The molecule has 2 rings (SSSR count). The van der Waals surface area contributed by atoms with Gasteiger partial charge in [-0.25, -0.2) is 0 Å². The number of hydrogen-bond acceptors (Lipinski definition) is 2. The molecule has 0 radical (unpaired) electrons. The summed E-state index contributed by atoms with van der Waals surface area (Å²) in [5.41, 5.74) is 2.42. The van der Waals surface area contributed by atoms with Crippen molar-refractivity contribution in [3.63, 3.8) is 0 Å². The fourth-order valence-electron chi connectivity index (χ4n) is 2.66. The fraction of sp³-hybridized carbons (Fsp3) is 0.500. The molecule has 0 amide bonds. The molecular weight excluding hydrogens is 258 g/mol. The number of nitriles is 1. The van der Waals surface area contributed by atoms with Gasteiger partial charge < -0.3 is 9.88 Å². The summed E-state index contributed by atoms with van der Waals surface area (Å²) in [4.78, 5) is 0. The van der Waals surface area contributed by atoms with Crippen molar-refractivity contribution >= 4 is 10.9 Å². The van der Waals surface area contributed by atoms with Gasteiger partial charge in [0.2, 0.25) is 0 Å². The number of benzene rings is 1. The van der Waals surface area contributed by atoms with Crippen LogP contribution < -0.4 is 5.32 Å². The van der Waals surface area contributed by atoms with Gasteiger partial charge in [0.25, 0.3) is 0 Å². The van der Waals surface area contributed by atoms with Gasteiger partial charge in [-0.15, -0.1) is 0 Å². The van der Waals surface area contributed by atoms with Crippen LogP contribution in [0.2, 0.25) is 0 Å². The minimum absolute atomic E-state index is 0.194. The topological polar surface area (TPSA) is 40.8 Å². The zero-order chi connectivity index (χ0) is 15.3. The molecule has 0 saturated carbocycles. The van der Waals surface area contributed by atoms with E-state index in [-0.39, 0.29) is 5.41 Å². The van der Waals surface area contributed by atoms with Crippen molar-refractivity contribution in [2.45, 2.75) is 46.2 Å². The Hall–Kier alpha value is -1.79. The minimum Gasteiger partial charge on any atom is -0.347 e. The van der Waals surface area contributed by atoms with Gasteiger partial charge in [0.1, 0.15) is 0 Å². The molecule has 3 heteroatoms. The smallest absolute Gasteiger partial charge is 0.0683 e. The first-order chi connectivity index (χ1) is 10.1. The van der Waals surface area contributed by atoms with Crippen molar-refractivity contribution in [1.82, 2.24) is 9.88 Å². The van der Waals surface area contributed by atoms with E-state index in [1.165, 1.54) is 16.5 Å². The molecule has 1 N–H and O–H groups in total. The van der Waals surface area contributed by atoms with E-state index in [1.54, 1.807) is 0 Å². The predicted octanol–water partition coefficient (Wildman–Crippen LogP) is 4.08. The van der Waals surface area contributed by atoms with Crippen molar-refractivity contribution in [3.8, 4) is 6.07 Å². The molecule has 0 bridgehead atoms. The molecule has 0 spiro atoms. The third kappa shape index (κ3) is 4.09. The van der Waals surface area contributed by atoms with Crippen LogP contribution in [0.15, 0.2) is 30.5 Å². The van der Waals surface area contributed by atoms with Gasteiger partial charge in [0.05, 0.1) is 11.5 Å². The first-order valence-corrected chi connectivity index (χ1v) is 7.69. The van der Waals surface area contributed by atoms with Crippen LogP contribution >= 0.6 is 0 Å². The lowest BCUT2D eigenvalue weighted by atomic mass is 9.89. The largest absolute Gasteiger partial charge is 0.347 e. The molecule has 0 aliphatic heterocycles. The third-order valence-electron chi connectivity index (χ3n) is 3.97. The standard InChI is InChI=1S/C18H25N3/c1-18(2,14-19)9-4-5-10-21-11-8-16-12-15(13-20-3)6-7-17(16)21/h6-8,11-12,20H,4-5,9-10,13H2,1-3H3. The second-order valence-electron chi connectivity index (χ2n) is 6.39. The van der Waals surface area contributed by atoms with Crippen molar-refractivity contribution in [1.29, 1.82) is 5.26 Å². The Kier molecular flexibility index (Phi) is 5.03. The maximum absolute atomic E-state index is 9.03. The zero-order valence-corrected chi connectivity index (χ0v) is 13.3. The Morgan fingerprint density at radius 2 is 2.05 bits per heavy atom. The summed E-state index contributed by atoms with van der Waals surface area (Å²) < 4.78 is 2.32. The number of aryl methyl sites for hydroxylation is 1. The lowest BCUT2D eigenvalue weighted by Gasteiger charge is -2.14. The van der Waals surface area contributed by atoms with E-state index in [0.29, 0.717) is 0 Å². The highest BCUT2D eigenvalue weighted by molar-refractivity contribution is 5.80. The summed E-state index contributed by atoms with van der Waals surface area (Å²) >= 11 is 0. The molecule has 21 heavy (non-hydrogen) atoms. The Morgan fingerprint density at radius 3 is 2.76 bits per heavy atom. The van der Waals surface area contributed by atoms with Gasteiger partial charge in [-0.05, 0) is 62.9 Å². The second kappa shape index (κ2) is 6.78. The highest BCUT2D eigenvalue weighted by Crippen LogP contribution is 2.23. The molecule has 0 aliphatic rings. The summed E-state index contributed by atoms with van der Waals surface area (Å²) in [6.45, 7) is 5.96. The zero-order valence-electron chi connectivity index (χ0n) is 13.3. The van der Waals surface area contributed by atoms with Crippen LogP contribution in [-0.2, 0) is 13.1 Å². The monoisotopic (exact) mass is 283 g/mol. The Morgan fingerprint density at radius 1 is 1.24 bits per heavy atom. The highest BCUT2D eigenvalue weighted by atomic mass is 14.9. The third-order valence-corrected chi connectivity index (χ3v) is 3.97. The van der Waals surface area contributed by atoms with Gasteiger partial charge in [-0.3, -0.25) is 0 Å². The number of unbranched alkanes of at least 4 members (excludes halogenated alkanes) is 1. The number of nitrogens with one attached hydrogen (secondary N) is 1. The van der Waals surface area contributed by atoms with Gasteiger partial charge in [-0.2, -0.15) is 5.26 Å². The molecule has 0 aliphatic carbocycles. The number of aromatic nitrogens is 1. The van der Waals surface area contributed by atoms with Crippen molar-refractivity contribution < 1.29 is 0 Å². The first-order valence-electron chi connectivity index (χ1n) is 7.69. The molecule has 0 atom stereocenters. The van der Waals surface area contributed by atoms with E-state index in [9.17, 15) is 0 Å². The average molecular weight is 283 g/mol. The van der Waals surface area contributed by atoms with E-state index < -0.39 is 0 Å². The van der Waals surface area contributed by atoms with Gasteiger partial charge >= 0.3 is 0 Å².